The van der Waals surface area contributed by atoms with Gasteiger partial charge in [-0.2, -0.15) is 5.26 Å². The first-order chi connectivity index (χ1) is 10.6. The van der Waals surface area contributed by atoms with E-state index < -0.39 is 5.91 Å². The minimum Gasteiger partial charge on any atom is -0.373 e. The molecule has 0 saturated carbocycles. The zero-order valence-electron chi connectivity index (χ0n) is 11.8. The maximum absolute atomic E-state index is 12.1. The average molecular weight is 319 g/mol. The molecule has 0 aromatic heterocycles. The van der Waals surface area contributed by atoms with Crippen LogP contribution in [0.25, 0.3) is 0 Å². The maximum atomic E-state index is 12.1. The van der Waals surface area contributed by atoms with E-state index in [2.05, 4.69) is 5.32 Å². The smallest absolute Gasteiger partial charge is 0.267 e. The van der Waals surface area contributed by atoms with Crippen molar-refractivity contribution >= 4 is 29.6 Å². The van der Waals surface area contributed by atoms with Crippen molar-refractivity contribution in [2.45, 2.75) is 0 Å². The summed E-state index contributed by atoms with van der Waals surface area (Å²) in [5.74, 6) is -0.470. The highest BCUT2D eigenvalue weighted by Crippen LogP contribution is 2.14. The van der Waals surface area contributed by atoms with Gasteiger partial charge < -0.3 is 15.1 Å². The van der Waals surface area contributed by atoms with Gasteiger partial charge in [0.2, 0.25) is 6.41 Å². The van der Waals surface area contributed by atoms with Gasteiger partial charge in [0.25, 0.3) is 5.91 Å². The first-order valence-corrected chi connectivity index (χ1v) is 7.12. The third kappa shape index (κ3) is 4.24. The molecule has 1 heterocycles. The zero-order chi connectivity index (χ0) is 15.9. The number of hydrogen-bond acceptors (Lipinski definition) is 4. The molecule has 0 spiro atoms. The van der Waals surface area contributed by atoms with Crippen LogP contribution in [0, 0.1) is 11.3 Å². The maximum Gasteiger partial charge on any atom is 0.267 e. The molecule has 1 saturated heterocycles. The molecule has 2 amide bonds. The molecule has 6 nitrogen and oxygen atoms in total. The molecule has 1 aromatic carbocycles. The van der Waals surface area contributed by atoms with E-state index in [1.54, 1.807) is 29.2 Å². The van der Waals surface area contributed by atoms with E-state index in [0.717, 1.165) is 6.41 Å². The molecule has 1 aromatic rings. The summed E-state index contributed by atoms with van der Waals surface area (Å²) >= 11 is 5.78. The van der Waals surface area contributed by atoms with E-state index in [4.69, 9.17) is 16.9 Å². The molecule has 1 aliphatic heterocycles. The molecule has 2 rings (SSSR count). The molecule has 0 radical (unpaired) electrons. The number of carbonyl (C=O) groups excluding carboxylic acids is 2. The van der Waals surface area contributed by atoms with Crippen molar-refractivity contribution in [3.8, 4) is 6.07 Å². The van der Waals surface area contributed by atoms with Crippen LogP contribution >= 0.6 is 11.6 Å². The van der Waals surface area contributed by atoms with Crippen LogP contribution in [0.4, 0.5) is 5.69 Å². The van der Waals surface area contributed by atoms with Gasteiger partial charge in [0, 0.05) is 43.1 Å². The van der Waals surface area contributed by atoms with Crippen molar-refractivity contribution in [1.82, 2.24) is 9.80 Å². The van der Waals surface area contributed by atoms with Crippen LogP contribution in [-0.4, -0.2) is 48.3 Å². The standard InChI is InChI=1S/C15H15ClN4O2/c16-13-1-3-14(4-2-13)18-15(22)12(9-17)10-19-5-7-20(11-21)8-6-19/h1-4,10-11H,5-8H2,(H,18,22)/b12-10-. The summed E-state index contributed by atoms with van der Waals surface area (Å²) in [5, 5.41) is 12.4. The van der Waals surface area contributed by atoms with E-state index in [1.807, 2.05) is 11.0 Å². The summed E-state index contributed by atoms with van der Waals surface area (Å²) in [6.07, 6.45) is 2.34. The molecule has 0 bridgehead atoms. The minimum atomic E-state index is -0.470. The molecule has 0 unspecified atom stereocenters. The Labute approximate surface area is 133 Å². The van der Waals surface area contributed by atoms with Crippen LogP contribution in [0.2, 0.25) is 5.02 Å². The van der Waals surface area contributed by atoms with Gasteiger partial charge in [-0.15, -0.1) is 0 Å². The fraction of sp³-hybridized carbons (Fsp3) is 0.267. The fourth-order valence-electron chi connectivity index (χ4n) is 2.02. The van der Waals surface area contributed by atoms with E-state index in [1.165, 1.54) is 6.20 Å². The Balaban J connectivity index is 2.00. The number of halogens is 1. The predicted octanol–water partition coefficient (Wildman–Crippen LogP) is 1.46. The highest BCUT2D eigenvalue weighted by Gasteiger charge is 2.16. The lowest BCUT2D eigenvalue weighted by Gasteiger charge is -2.31. The molecular weight excluding hydrogens is 304 g/mol. The van der Waals surface area contributed by atoms with E-state index >= 15 is 0 Å². The summed E-state index contributed by atoms with van der Waals surface area (Å²) in [7, 11) is 0. The number of benzene rings is 1. The molecule has 1 N–H and O–H groups in total. The van der Waals surface area contributed by atoms with Crippen LogP contribution in [0.3, 0.4) is 0 Å². The second kappa shape index (κ2) is 7.48. The summed E-state index contributed by atoms with van der Waals surface area (Å²) in [4.78, 5) is 26.3. The molecule has 0 aliphatic carbocycles. The molecule has 0 atom stereocenters. The highest BCUT2D eigenvalue weighted by molar-refractivity contribution is 6.30. The Hall–Kier alpha value is -2.52. The minimum absolute atomic E-state index is 0.0227. The van der Waals surface area contributed by atoms with Crippen LogP contribution in [-0.2, 0) is 9.59 Å². The van der Waals surface area contributed by atoms with Crippen molar-refractivity contribution < 1.29 is 9.59 Å². The molecule has 22 heavy (non-hydrogen) atoms. The van der Waals surface area contributed by atoms with Gasteiger partial charge in [-0.1, -0.05) is 11.6 Å². The molecule has 1 aliphatic rings. The van der Waals surface area contributed by atoms with Crippen molar-refractivity contribution in [2.75, 3.05) is 31.5 Å². The highest BCUT2D eigenvalue weighted by atomic mass is 35.5. The second-order valence-corrected chi connectivity index (χ2v) is 5.23. The number of amides is 2. The van der Waals surface area contributed by atoms with Gasteiger partial charge in [-0.05, 0) is 24.3 Å². The van der Waals surface area contributed by atoms with Crippen LogP contribution in [0.15, 0.2) is 36.0 Å². The third-order valence-electron chi connectivity index (χ3n) is 3.28. The molecular formula is C15H15ClN4O2. The van der Waals surface area contributed by atoms with Crippen LogP contribution in [0.1, 0.15) is 0 Å². The molecule has 114 valence electrons. The third-order valence-corrected chi connectivity index (χ3v) is 3.53. The number of carbonyl (C=O) groups is 2. The topological polar surface area (TPSA) is 76.4 Å². The quantitative estimate of drug-likeness (QED) is 0.518. The zero-order valence-corrected chi connectivity index (χ0v) is 12.6. The normalized spacial score (nSPS) is 15.2. The lowest BCUT2D eigenvalue weighted by molar-refractivity contribution is -0.119. The van der Waals surface area contributed by atoms with Crippen LogP contribution < -0.4 is 5.32 Å². The number of piperazine rings is 1. The monoisotopic (exact) mass is 318 g/mol. The van der Waals surface area contributed by atoms with E-state index in [0.29, 0.717) is 36.9 Å². The predicted molar refractivity (Wildman–Crippen MR) is 83.0 cm³/mol. The Morgan fingerprint density at radius 1 is 1.18 bits per heavy atom. The van der Waals surface area contributed by atoms with Gasteiger partial charge >= 0.3 is 0 Å². The van der Waals surface area contributed by atoms with Crippen LogP contribution in [0.5, 0.6) is 0 Å². The summed E-state index contributed by atoms with van der Waals surface area (Å²) in [6.45, 7) is 2.35. The number of nitrogens with zero attached hydrogens (tertiary/aromatic N) is 3. The Morgan fingerprint density at radius 3 is 2.32 bits per heavy atom. The molecule has 1 fully saturated rings. The number of nitriles is 1. The van der Waals surface area contributed by atoms with Gasteiger partial charge in [-0.3, -0.25) is 9.59 Å². The average Bonchev–Trinajstić information content (AvgIpc) is 2.55. The first kappa shape index (κ1) is 15.9. The Morgan fingerprint density at radius 2 is 1.77 bits per heavy atom. The van der Waals surface area contributed by atoms with Crippen molar-refractivity contribution in [3.05, 3.63) is 41.1 Å². The summed E-state index contributed by atoms with van der Waals surface area (Å²) in [6, 6.07) is 8.55. The van der Waals surface area contributed by atoms with Gasteiger partial charge in [0.05, 0.1) is 0 Å². The van der Waals surface area contributed by atoms with Crippen molar-refractivity contribution in [1.29, 1.82) is 5.26 Å². The van der Waals surface area contributed by atoms with Crippen molar-refractivity contribution in [3.63, 3.8) is 0 Å². The lowest BCUT2D eigenvalue weighted by Crippen LogP contribution is -2.43. The Kier molecular flexibility index (Phi) is 5.39. The Bertz CT molecular complexity index is 613. The lowest BCUT2D eigenvalue weighted by atomic mass is 10.2. The largest absolute Gasteiger partial charge is 0.373 e. The van der Waals surface area contributed by atoms with Gasteiger partial charge in [-0.25, -0.2) is 0 Å². The fourth-order valence-corrected chi connectivity index (χ4v) is 2.15. The van der Waals surface area contributed by atoms with Crippen molar-refractivity contribution in [2.24, 2.45) is 0 Å². The number of rotatable bonds is 4. The first-order valence-electron chi connectivity index (χ1n) is 6.74. The second-order valence-electron chi connectivity index (χ2n) is 4.79. The van der Waals surface area contributed by atoms with Gasteiger partial charge in [0.15, 0.2) is 0 Å². The summed E-state index contributed by atoms with van der Waals surface area (Å²) < 4.78 is 0. The van der Waals surface area contributed by atoms with Gasteiger partial charge in [0.1, 0.15) is 11.6 Å². The number of hydrogen-bond donors (Lipinski definition) is 1. The molecule has 7 heteroatoms. The summed E-state index contributed by atoms with van der Waals surface area (Å²) in [5.41, 5.74) is 0.593. The number of anilines is 1. The van der Waals surface area contributed by atoms with E-state index in [-0.39, 0.29) is 5.57 Å². The number of nitrogens with one attached hydrogen (secondary N) is 1. The van der Waals surface area contributed by atoms with E-state index in [9.17, 15) is 9.59 Å². The SMILES string of the molecule is N#C/C(=C/N1CCN(C=O)CC1)C(=O)Nc1ccc(Cl)cc1.